The molecule has 0 unspecified atom stereocenters. The maximum Gasteiger partial charge on any atom is 0.251 e. The van der Waals surface area contributed by atoms with Gasteiger partial charge in [0.15, 0.2) is 5.13 Å². The number of thioether (sulfide) groups is 1. The van der Waals surface area contributed by atoms with Crippen LogP contribution in [0.15, 0.2) is 45.5 Å². The van der Waals surface area contributed by atoms with Crippen molar-refractivity contribution in [3.63, 3.8) is 0 Å². The maximum atomic E-state index is 12.5. The van der Waals surface area contributed by atoms with E-state index in [9.17, 15) is 9.59 Å². The van der Waals surface area contributed by atoms with Crippen LogP contribution in [0.3, 0.4) is 0 Å². The molecule has 3 heterocycles. The smallest absolute Gasteiger partial charge is 0.251 e. The summed E-state index contributed by atoms with van der Waals surface area (Å²) in [6.07, 6.45) is 4.57. The summed E-state index contributed by atoms with van der Waals surface area (Å²) < 4.78 is 6.78. The number of rotatable bonds is 11. The van der Waals surface area contributed by atoms with Crippen molar-refractivity contribution < 1.29 is 9.53 Å². The van der Waals surface area contributed by atoms with Crippen molar-refractivity contribution in [2.75, 3.05) is 31.6 Å². The molecular formula is C25H31N5O3S2. The summed E-state index contributed by atoms with van der Waals surface area (Å²) in [6.45, 7) is 7.96. The molecule has 0 bridgehead atoms. The molecule has 8 nitrogen and oxygen atoms in total. The Labute approximate surface area is 213 Å². The van der Waals surface area contributed by atoms with Gasteiger partial charge in [-0.3, -0.25) is 14.5 Å². The Hall–Kier alpha value is -2.69. The fourth-order valence-corrected chi connectivity index (χ4v) is 5.54. The van der Waals surface area contributed by atoms with Crippen LogP contribution in [-0.2, 0) is 17.0 Å². The van der Waals surface area contributed by atoms with Crippen LogP contribution in [0.2, 0.25) is 0 Å². The minimum atomic E-state index is -0.141. The van der Waals surface area contributed by atoms with Crippen molar-refractivity contribution in [1.29, 1.82) is 0 Å². The summed E-state index contributed by atoms with van der Waals surface area (Å²) in [6, 6.07) is 9.20. The molecule has 4 rings (SSSR count). The first-order chi connectivity index (χ1) is 16.9. The summed E-state index contributed by atoms with van der Waals surface area (Å²) in [7, 11) is 0. The van der Waals surface area contributed by atoms with Crippen molar-refractivity contribution in [3.05, 3.63) is 64.0 Å². The number of anilines is 1. The van der Waals surface area contributed by atoms with E-state index in [0.717, 1.165) is 27.8 Å². The van der Waals surface area contributed by atoms with Crippen molar-refractivity contribution in [2.45, 2.75) is 49.0 Å². The zero-order chi connectivity index (χ0) is 24.6. The van der Waals surface area contributed by atoms with E-state index in [1.165, 1.54) is 43.3 Å². The molecule has 1 amide bonds. The van der Waals surface area contributed by atoms with Gasteiger partial charge in [0.1, 0.15) is 18.2 Å². The topological polar surface area (TPSA) is 100 Å². The lowest BCUT2D eigenvalue weighted by Crippen LogP contribution is -2.25. The molecule has 10 heteroatoms. The third-order valence-corrected chi connectivity index (χ3v) is 7.76. The van der Waals surface area contributed by atoms with Gasteiger partial charge in [-0.2, -0.15) is 0 Å². The Morgan fingerprint density at radius 1 is 1.26 bits per heavy atom. The number of amides is 1. The average molecular weight is 514 g/mol. The van der Waals surface area contributed by atoms with Crippen LogP contribution >= 0.6 is 23.1 Å². The van der Waals surface area contributed by atoms with Gasteiger partial charge in [0.2, 0.25) is 5.91 Å². The number of thiazole rings is 1. The minimum absolute atomic E-state index is 0.114. The lowest BCUT2D eigenvalue weighted by Gasteiger charge is -2.15. The molecule has 1 saturated heterocycles. The molecule has 0 spiro atoms. The van der Waals surface area contributed by atoms with E-state index >= 15 is 0 Å². The van der Waals surface area contributed by atoms with Gasteiger partial charge in [-0.25, -0.2) is 9.97 Å². The second-order valence-corrected chi connectivity index (χ2v) is 11.1. The molecule has 1 aliphatic heterocycles. The van der Waals surface area contributed by atoms with E-state index in [1.807, 2.05) is 38.1 Å². The minimum Gasteiger partial charge on any atom is -0.492 e. The van der Waals surface area contributed by atoms with Gasteiger partial charge in [-0.05, 0) is 43.6 Å². The Morgan fingerprint density at radius 2 is 2.03 bits per heavy atom. The molecule has 0 atom stereocenters. The Kier molecular flexibility index (Phi) is 8.95. The van der Waals surface area contributed by atoms with Crippen LogP contribution in [0.4, 0.5) is 5.13 Å². The summed E-state index contributed by atoms with van der Waals surface area (Å²) in [5, 5.41) is 3.43. The molecule has 1 fully saturated rings. The van der Waals surface area contributed by atoms with Gasteiger partial charge in [-0.15, -0.1) is 11.8 Å². The highest BCUT2D eigenvalue weighted by atomic mass is 32.2. The van der Waals surface area contributed by atoms with E-state index in [0.29, 0.717) is 23.3 Å². The van der Waals surface area contributed by atoms with E-state index in [4.69, 9.17) is 4.74 Å². The van der Waals surface area contributed by atoms with E-state index in [2.05, 4.69) is 25.2 Å². The molecule has 2 N–H and O–H groups in total. The molecule has 1 aliphatic rings. The van der Waals surface area contributed by atoms with E-state index in [-0.39, 0.29) is 23.8 Å². The number of carbonyl (C=O) groups is 1. The molecule has 186 valence electrons. The molecule has 2 aromatic heterocycles. The van der Waals surface area contributed by atoms with Gasteiger partial charge in [0.25, 0.3) is 5.56 Å². The highest BCUT2D eigenvalue weighted by molar-refractivity contribution is 8.00. The Balaban J connectivity index is 1.22. The van der Waals surface area contributed by atoms with Gasteiger partial charge < -0.3 is 15.0 Å². The number of aromatic nitrogens is 3. The predicted molar refractivity (Wildman–Crippen MR) is 141 cm³/mol. The third-order valence-electron chi connectivity index (χ3n) is 5.62. The normalized spacial score (nSPS) is 13.9. The fourth-order valence-electron chi connectivity index (χ4n) is 3.76. The predicted octanol–water partition coefficient (Wildman–Crippen LogP) is 4.30. The molecule has 0 saturated carbocycles. The van der Waals surface area contributed by atoms with E-state index in [1.54, 1.807) is 18.0 Å². The first-order valence-electron chi connectivity index (χ1n) is 11.9. The average Bonchev–Trinajstić information content (AvgIpc) is 3.51. The summed E-state index contributed by atoms with van der Waals surface area (Å²) in [4.78, 5) is 38.3. The number of carbonyl (C=O) groups excluding carboxylic acids is 1. The van der Waals surface area contributed by atoms with Crippen LogP contribution in [0.5, 0.6) is 5.75 Å². The van der Waals surface area contributed by atoms with Crippen LogP contribution < -0.4 is 15.6 Å². The lowest BCUT2D eigenvalue weighted by atomic mass is 10.1. The Bertz CT molecular complexity index is 1170. The van der Waals surface area contributed by atoms with Crippen LogP contribution in [-0.4, -0.2) is 52.0 Å². The zero-order valence-corrected chi connectivity index (χ0v) is 21.7. The zero-order valence-electron chi connectivity index (χ0n) is 20.1. The van der Waals surface area contributed by atoms with Gasteiger partial charge in [0, 0.05) is 24.3 Å². The number of aromatic amines is 1. The largest absolute Gasteiger partial charge is 0.492 e. The standard InChI is InChI=1S/C25H31N5O3S2/c1-17(2)24-27-19(14-22(32)28-24)16-34-23-15-26-25(35-23)29-21(31)13-18-5-7-20(8-6-18)33-12-11-30-9-3-4-10-30/h5-8,14-15,17H,3-4,9-13,16H2,1-2H3,(H,26,29,31)(H,27,28,32). The number of nitrogens with one attached hydrogen (secondary N) is 2. The second-order valence-electron chi connectivity index (χ2n) is 8.82. The first-order valence-corrected chi connectivity index (χ1v) is 13.7. The second kappa shape index (κ2) is 12.3. The number of hydrogen-bond donors (Lipinski definition) is 2. The number of H-pyrrole nitrogens is 1. The van der Waals surface area contributed by atoms with Gasteiger partial charge in [0.05, 0.1) is 22.5 Å². The quantitative estimate of drug-likeness (QED) is 0.369. The highest BCUT2D eigenvalue weighted by Crippen LogP contribution is 2.30. The molecule has 0 radical (unpaired) electrons. The van der Waals surface area contributed by atoms with Gasteiger partial charge in [-0.1, -0.05) is 37.3 Å². The number of hydrogen-bond acceptors (Lipinski definition) is 8. The number of ether oxygens (including phenoxy) is 1. The summed E-state index contributed by atoms with van der Waals surface area (Å²) in [5.74, 6) is 2.11. The van der Waals surface area contributed by atoms with Crippen LogP contribution in [0, 0.1) is 0 Å². The van der Waals surface area contributed by atoms with Crippen molar-refractivity contribution in [3.8, 4) is 5.75 Å². The monoisotopic (exact) mass is 513 g/mol. The van der Waals surface area contributed by atoms with Crippen molar-refractivity contribution in [2.24, 2.45) is 0 Å². The van der Waals surface area contributed by atoms with Crippen molar-refractivity contribution in [1.82, 2.24) is 19.9 Å². The summed E-state index contributed by atoms with van der Waals surface area (Å²) in [5.41, 5.74) is 1.50. The number of likely N-dealkylation sites (tertiary alicyclic amines) is 1. The number of benzene rings is 1. The first kappa shape index (κ1) is 25.4. The van der Waals surface area contributed by atoms with Gasteiger partial charge >= 0.3 is 0 Å². The van der Waals surface area contributed by atoms with Crippen LogP contribution in [0.25, 0.3) is 0 Å². The lowest BCUT2D eigenvalue weighted by molar-refractivity contribution is -0.115. The molecule has 0 aliphatic carbocycles. The SMILES string of the molecule is CC(C)c1nc(CSc2cnc(NC(=O)Cc3ccc(OCCN4CCCC4)cc3)s2)cc(=O)[nH]1. The highest BCUT2D eigenvalue weighted by Gasteiger charge is 2.12. The fraction of sp³-hybridized carbons (Fsp3) is 0.440. The molecule has 3 aromatic rings. The summed E-state index contributed by atoms with van der Waals surface area (Å²) >= 11 is 2.95. The van der Waals surface area contributed by atoms with Crippen LogP contribution in [0.1, 0.15) is 49.7 Å². The Morgan fingerprint density at radius 3 is 2.77 bits per heavy atom. The molecule has 35 heavy (non-hydrogen) atoms. The molecular weight excluding hydrogens is 482 g/mol. The third kappa shape index (κ3) is 7.91. The molecule has 1 aromatic carbocycles. The van der Waals surface area contributed by atoms with Crippen molar-refractivity contribution >= 4 is 34.1 Å². The maximum absolute atomic E-state index is 12.5. The number of nitrogens with zero attached hydrogens (tertiary/aromatic N) is 3. The van der Waals surface area contributed by atoms with E-state index < -0.39 is 0 Å².